The third kappa shape index (κ3) is 3.16. The van der Waals surface area contributed by atoms with Crippen LogP contribution in [0.3, 0.4) is 0 Å². The van der Waals surface area contributed by atoms with Crippen molar-refractivity contribution in [1.82, 2.24) is 14.7 Å². The van der Waals surface area contributed by atoms with E-state index in [1.807, 2.05) is 43.2 Å². The number of aromatic nitrogens is 2. The quantitative estimate of drug-likeness (QED) is 0.607. The molecule has 2 heterocycles. The summed E-state index contributed by atoms with van der Waals surface area (Å²) >= 11 is 6.17. The molecule has 0 spiro atoms. The summed E-state index contributed by atoms with van der Waals surface area (Å²) < 4.78 is 1.99. The van der Waals surface area contributed by atoms with Gasteiger partial charge in [-0.15, -0.1) is 0 Å². The number of hydrogen-bond acceptors (Lipinski definition) is 4. The maximum absolute atomic E-state index is 6.17. The summed E-state index contributed by atoms with van der Waals surface area (Å²) in [6.45, 7) is 4.25. The largest absolute Gasteiger partial charge is 0.348 e. The van der Waals surface area contributed by atoms with Gasteiger partial charge >= 0.3 is 0 Å². The van der Waals surface area contributed by atoms with Gasteiger partial charge in [-0.2, -0.15) is 10.1 Å². The van der Waals surface area contributed by atoms with Gasteiger partial charge in [-0.3, -0.25) is 0 Å². The standard InChI is InChI=1S/C22H24ClN5/c1-15(2)28-21-19(14-24-28)20(16-10-12-17(23)13-11-16)27(22(25-21)26(3)4)18-8-6-5-7-9-18/h5-15,20H,1-4H3/t20-/m0/s1. The van der Waals surface area contributed by atoms with Crippen molar-refractivity contribution in [2.75, 3.05) is 19.0 Å². The first kappa shape index (κ1) is 18.6. The van der Waals surface area contributed by atoms with E-state index in [0.29, 0.717) is 0 Å². The fraction of sp³-hybridized carbons (Fsp3) is 0.273. The summed E-state index contributed by atoms with van der Waals surface area (Å²) in [7, 11) is 4.05. The highest BCUT2D eigenvalue weighted by atomic mass is 35.5. The van der Waals surface area contributed by atoms with Crippen molar-refractivity contribution >= 4 is 29.1 Å². The number of aliphatic imine (C=N–C) groups is 1. The van der Waals surface area contributed by atoms with Crippen LogP contribution in [0.4, 0.5) is 11.5 Å². The van der Waals surface area contributed by atoms with E-state index < -0.39 is 0 Å². The number of benzene rings is 2. The van der Waals surface area contributed by atoms with Gasteiger partial charge < -0.3 is 9.80 Å². The van der Waals surface area contributed by atoms with E-state index in [1.54, 1.807) is 0 Å². The highest BCUT2D eigenvalue weighted by Gasteiger charge is 2.36. The van der Waals surface area contributed by atoms with Crippen LogP contribution in [0.25, 0.3) is 0 Å². The van der Waals surface area contributed by atoms with Gasteiger partial charge in [0.1, 0.15) is 0 Å². The number of hydrogen-bond donors (Lipinski definition) is 0. The first-order valence-electron chi connectivity index (χ1n) is 9.40. The van der Waals surface area contributed by atoms with Gasteiger partial charge in [-0.05, 0) is 43.7 Å². The monoisotopic (exact) mass is 393 g/mol. The van der Waals surface area contributed by atoms with E-state index in [1.165, 1.54) is 0 Å². The second-order valence-corrected chi connectivity index (χ2v) is 7.86. The van der Waals surface area contributed by atoms with Crippen LogP contribution in [-0.2, 0) is 0 Å². The lowest BCUT2D eigenvalue weighted by molar-refractivity contribution is 0.530. The van der Waals surface area contributed by atoms with E-state index >= 15 is 0 Å². The van der Waals surface area contributed by atoms with Crippen molar-refractivity contribution in [2.45, 2.75) is 25.9 Å². The molecule has 0 aliphatic carbocycles. The molecule has 5 nitrogen and oxygen atoms in total. The van der Waals surface area contributed by atoms with Gasteiger partial charge in [0.25, 0.3) is 0 Å². The Morgan fingerprint density at radius 2 is 1.68 bits per heavy atom. The molecule has 0 saturated heterocycles. The first-order chi connectivity index (χ1) is 13.5. The molecule has 6 heteroatoms. The predicted molar refractivity (Wildman–Crippen MR) is 116 cm³/mol. The summed E-state index contributed by atoms with van der Waals surface area (Å²) in [6, 6.07) is 18.6. The van der Waals surface area contributed by atoms with Crippen LogP contribution >= 0.6 is 11.6 Å². The minimum absolute atomic E-state index is 0.0444. The molecule has 0 amide bonds. The summed E-state index contributed by atoms with van der Waals surface area (Å²) in [5, 5.41) is 5.38. The van der Waals surface area contributed by atoms with E-state index in [2.05, 4.69) is 65.1 Å². The Bertz CT molecular complexity index is 990. The number of nitrogens with zero attached hydrogens (tertiary/aromatic N) is 5. The van der Waals surface area contributed by atoms with Gasteiger partial charge in [-0.1, -0.05) is 41.9 Å². The smallest absolute Gasteiger partial charge is 0.208 e. The van der Waals surface area contributed by atoms with Crippen molar-refractivity contribution < 1.29 is 0 Å². The summed E-state index contributed by atoms with van der Waals surface area (Å²) in [6.07, 6.45) is 1.94. The molecule has 3 aromatic rings. The fourth-order valence-corrected chi connectivity index (χ4v) is 3.73. The van der Waals surface area contributed by atoms with Crippen molar-refractivity contribution in [1.29, 1.82) is 0 Å². The fourth-order valence-electron chi connectivity index (χ4n) is 3.60. The predicted octanol–water partition coefficient (Wildman–Crippen LogP) is 5.28. The number of anilines is 1. The van der Waals surface area contributed by atoms with Crippen LogP contribution in [0.15, 0.2) is 65.8 Å². The van der Waals surface area contributed by atoms with Crippen LogP contribution in [0.1, 0.15) is 37.1 Å². The zero-order valence-corrected chi connectivity index (χ0v) is 17.3. The normalized spacial score (nSPS) is 16.1. The van der Waals surface area contributed by atoms with Crippen molar-refractivity contribution in [3.63, 3.8) is 0 Å². The molecule has 1 aliphatic rings. The van der Waals surface area contributed by atoms with Gasteiger partial charge in [-0.25, -0.2) is 4.68 Å². The van der Waals surface area contributed by atoms with E-state index in [9.17, 15) is 0 Å². The Morgan fingerprint density at radius 1 is 1.00 bits per heavy atom. The summed E-state index contributed by atoms with van der Waals surface area (Å²) in [4.78, 5) is 9.33. The number of rotatable bonds is 3. The third-order valence-electron chi connectivity index (χ3n) is 4.88. The van der Waals surface area contributed by atoms with Crippen LogP contribution in [0.2, 0.25) is 5.02 Å². The average molecular weight is 394 g/mol. The molecule has 0 saturated carbocycles. The summed E-state index contributed by atoms with van der Waals surface area (Å²) in [5.41, 5.74) is 3.32. The van der Waals surface area contributed by atoms with Gasteiger partial charge in [0.15, 0.2) is 5.82 Å². The zero-order valence-electron chi connectivity index (χ0n) is 16.5. The second kappa shape index (κ2) is 7.32. The number of fused-ring (bicyclic) bond motifs is 1. The Morgan fingerprint density at radius 3 is 2.29 bits per heavy atom. The molecular weight excluding hydrogens is 370 g/mol. The van der Waals surface area contributed by atoms with Crippen molar-refractivity contribution in [3.8, 4) is 0 Å². The van der Waals surface area contributed by atoms with Crippen molar-refractivity contribution in [2.24, 2.45) is 4.99 Å². The van der Waals surface area contributed by atoms with Crippen molar-refractivity contribution in [3.05, 3.63) is 76.9 Å². The maximum atomic E-state index is 6.17. The van der Waals surface area contributed by atoms with E-state index in [-0.39, 0.29) is 12.1 Å². The topological polar surface area (TPSA) is 36.7 Å². The summed E-state index contributed by atoms with van der Waals surface area (Å²) in [5.74, 6) is 1.78. The van der Waals surface area contributed by atoms with Crippen LogP contribution in [-0.4, -0.2) is 34.7 Å². The molecule has 0 unspecified atom stereocenters. The maximum Gasteiger partial charge on any atom is 0.208 e. The molecular formula is C22H24ClN5. The van der Waals surface area contributed by atoms with Crippen LogP contribution < -0.4 is 4.90 Å². The SMILES string of the molecule is CC(C)n1ncc2c1N=C(N(C)C)N(c1ccccc1)[C@H]2c1ccc(Cl)cc1. The van der Waals surface area contributed by atoms with Gasteiger partial charge in [0, 0.05) is 36.4 Å². The number of halogens is 1. The molecule has 1 atom stereocenters. The molecule has 1 aromatic heterocycles. The second-order valence-electron chi connectivity index (χ2n) is 7.43. The average Bonchev–Trinajstić information content (AvgIpc) is 3.12. The minimum atomic E-state index is -0.0444. The third-order valence-corrected chi connectivity index (χ3v) is 5.13. The lowest BCUT2D eigenvalue weighted by atomic mass is 9.97. The van der Waals surface area contributed by atoms with E-state index in [4.69, 9.17) is 16.6 Å². The Kier molecular flexibility index (Phi) is 4.85. The molecule has 28 heavy (non-hydrogen) atoms. The molecule has 4 rings (SSSR count). The van der Waals surface area contributed by atoms with Gasteiger partial charge in [0.05, 0.1) is 12.2 Å². The Hall–Kier alpha value is -2.79. The zero-order chi connectivity index (χ0) is 19.8. The number of guanidine groups is 1. The molecule has 2 aromatic carbocycles. The number of para-hydroxylation sites is 1. The lowest BCUT2D eigenvalue weighted by Gasteiger charge is -2.39. The molecule has 0 fully saturated rings. The van der Waals surface area contributed by atoms with E-state index in [0.717, 1.165) is 33.6 Å². The molecule has 0 radical (unpaired) electrons. The Balaban J connectivity index is 1.98. The molecule has 0 bridgehead atoms. The molecule has 144 valence electrons. The highest BCUT2D eigenvalue weighted by molar-refractivity contribution is 6.30. The lowest BCUT2D eigenvalue weighted by Crippen LogP contribution is -2.45. The van der Waals surface area contributed by atoms with Crippen LogP contribution in [0.5, 0.6) is 0 Å². The molecule has 1 aliphatic heterocycles. The Labute approximate surface area is 170 Å². The molecule has 0 N–H and O–H groups in total. The van der Waals surface area contributed by atoms with Crippen LogP contribution in [0, 0.1) is 0 Å². The minimum Gasteiger partial charge on any atom is -0.348 e. The first-order valence-corrected chi connectivity index (χ1v) is 9.78. The van der Waals surface area contributed by atoms with Gasteiger partial charge in [0.2, 0.25) is 5.96 Å². The highest BCUT2D eigenvalue weighted by Crippen LogP contribution is 2.42.